The molecule has 0 aliphatic carbocycles. The van der Waals surface area contributed by atoms with Crippen LogP contribution in [0.5, 0.6) is 0 Å². The van der Waals surface area contributed by atoms with Crippen molar-refractivity contribution >= 4 is 57.4 Å². The van der Waals surface area contributed by atoms with Gasteiger partial charge in [0.15, 0.2) is 5.13 Å². The van der Waals surface area contributed by atoms with Crippen molar-refractivity contribution in [2.24, 2.45) is 0 Å². The molecule has 11 heteroatoms. The van der Waals surface area contributed by atoms with Gasteiger partial charge in [0.2, 0.25) is 11.8 Å². The van der Waals surface area contributed by atoms with E-state index >= 15 is 0 Å². The number of halogens is 2. The Hall–Kier alpha value is -3.01. The number of anilines is 1. The van der Waals surface area contributed by atoms with Gasteiger partial charge in [0.05, 0.1) is 22.7 Å². The third-order valence-electron chi connectivity index (χ3n) is 4.93. The Morgan fingerprint density at radius 2 is 1.89 bits per heavy atom. The summed E-state index contributed by atoms with van der Waals surface area (Å²) in [5.41, 5.74) is 1.72. The Bertz CT molecular complexity index is 1190. The monoisotopic (exact) mass is 533 g/mol. The lowest BCUT2D eigenvalue weighted by atomic mass is 10.1. The molecule has 0 unspecified atom stereocenters. The van der Waals surface area contributed by atoms with Gasteiger partial charge in [-0.1, -0.05) is 29.3 Å². The van der Waals surface area contributed by atoms with E-state index in [1.807, 2.05) is 32.0 Å². The first-order valence-corrected chi connectivity index (χ1v) is 12.5. The van der Waals surface area contributed by atoms with Crippen LogP contribution in [0.15, 0.2) is 48.0 Å². The predicted molar refractivity (Wildman–Crippen MR) is 138 cm³/mol. The number of nitrogens with one attached hydrogen (secondary N) is 2. The number of hydrogen-bond donors (Lipinski definition) is 2. The molecule has 0 aliphatic heterocycles. The highest BCUT2D eigenvalue weighted by atomic mass is 35.5. The van der Waals surface area contributed by atoms with Crippen molar-refractivity contribution in [3.63, 3.8) is 0 Å². The number of aromatic nitrogens is 2. The van der Waals surface area contributed by atoms with E-state index in [-0.39, 0.29) is 41.4 Å². The van der Waals surface area contributed by atoms with Gasteiger partial charge in [0.25, 0.3) is 5.91 Å². The van der Waals surface area contributed by atoms with Crippen molar-refractivity contribution in [3.05, 3.63) is 75.0 Å². The first-order chi connectivity index (χ1) is 16.7. The van der Waals surface area contributed by atoms with Crippen LogP contribution in [0.3, 0.4) is 0 Å². The first-order valence-electron chi connectivity index (χ1n) is 10.9. The van der Waals surface area contributed by atoms with Gasteiger partial charge in [-0.05, 0) is 44.2 Å². The fourth-order valence-electron chi connectivity index (χ4n) is 3.17. The lowest BCUT2D eigenvalue weighted by Crippen LogP contribution is -2.42. The molecule has 3 aromatic rings. The van der Waals surface area contributed by atoms with Gasteiger partial charge in [0, 0.05) is 41.3 Å². The summed E-state index contributed by atoms with van der Waals surface area (Å²) in [6, 6.07) is 9.99. The van der Waals surface area contributed by atoms with Gasteiger partial charge in [-0.2, -0.15) is 0 Å². The minimum absolute atomic E-state index is 0.0975. The van der Waals surface area contributed by atoms with Gasteiger partial charge < -0.3 is 15.5 Å². The average molecular weight is 534 g/mol. The number of carbonyl (C=O) groups is 3. The van der Waals surface area contributed by atoms with Crippen LogP contribution in [0.2, 0.25) is 10.0 Å². The van der Waals surface area contributed by atoms with E-state index < -0.39 is 5.91 Å². The summed E-state index contributed by atoms with van der Waals surface area (Å²) in [7, 11) is 0. The van der Waals surface area contributed by atoms with Crippen molar-refractivity contribution in [2.45, 2.75) is 32.7 Å². The summed E-state index contributed by atoms with van der Waals surface area (Å²) < 4.78 is 0. The maximum Gasteiger partial charge on any atom is 0.256 e. The summed E-state index contributed by atoms with van der Waals surface area (Å²) in [6.07, 6.45) is 2.45. The SMILES string of the molecule is CC(C)N(CC(=O)Nc1nc(CC(=O)NCCc2ccccn2)cs1)C(=O)c1ccc(Cl)cc1Cl. The predicted octanol–water partition coefficient (Wildman–Crippen LogP) is 4.24. The molecule has 0 fully saturated rings. The fourth-order valence-corrected chi connectivity index (χ4v) is 4.38. The zero-order valence-corrected chi connectivity index (χ0v) is 21.6. The number of carbonyl (C=O) groups excluding carboxylic acids is 3. The van der Waals surface area contributed by atoms with Gasteiger partial charge in [-0.3, -0.25) is 19.4 Å². The molecular weight excluding hydrogens is 509 g/mol. The van der Waals surface area contributed by atoms with E-state index in [4.69, 9.17) is 23.2 Å². The number of amides is 3. The van der Waals surface area contributed by atoms with Gasteiger partial charge >= 0.3 is 0 Å². The smallest absolute Gasteiger partial charge is 0.256 e. The Morgan fingerprint density at radius 3 is 2.57 bits per heavy atom. The Kier molecular flexibility index (Phi) is 9.59. The van der Waals surface area contributed by atoms with Crippen LogP contribution in [0.25, 0.3) is 0 Å². The quantitative estimate of drug-likeness (QED) is 0.405. The average Bonchev–Trinajstić information content (AvgIpc) is 3.24. The number of benzene rings is 1. The van der Waals surface area contributed by atoms with Crippen molar-refractivity contribution in [3.8, 4) is 0 Å². The molecule has 8 nitrogen and oxygen atoms in total. The van der Waals surface area contributed by atoms with Crippen molar-refractivity contribution < 1.29 is 14.4 Å². The first kappa shape index (κ1) is 26.6. The van der Waals surface area contributed by atoms with Crippen LogP contribution in [0, 0.1) is 0 Å². The van der Waals surface area contributed by atoms with Crippen LogP contribution in [0.4, 0.5) is 5.13 Å². The highest BCUT2D eigenvalue weighted by molar-refractivity contribution is 7.13. The molecule has 0 radical (unpaired) electrons. The van der Waals surface area contributed by atoms with Gasteiger partial charge in [-0.25, -0.2) is 4.98 Å². The molecule has 2 heterocycles. The van der Waals surface area contributed by atoms with E-state index in [2.05, 4.69) is 20.6 Å². The Morgan fingerprint density at radius 1 is 1.09 bits per heavy atom. The van der Waals surface area contributed by atoms with E-state index in [9.17, 15) is 14.4 Å². The molecule has 0 saturated carbocycles. The maximum absolute atomic E-state index is 13.0. The van der Waals surface area contributed by atoms with Crippen molar-refractivity contribution in [1.82, 2.24) is 20.2 Å². The number of rotatable bonds is 10. The Balaban J connectivity index is 1.51. The molecular formula is C24H25Cl2N5O3S. The standard InChI is InChI=1S/C24H25Cl2N5O3S/c1-15(2)31(23(34)19-7-6-16(25)11-20(19)26)13-22(33)30-24-29-18(14-35-24)12-21(32)28-10-8-17-5-3-4-9-27-17/h3-7,9,11,14-15H,8,10,12-13H2,1-2H3,(H,28,32)(H,29,30,33). The fraction of sp³-hybridized carbons (Fsp3) is 0.292. The molecule has 0 aliphatic rings. The van der Waals surface area contributed by atoms with Gasteiger partial charge in [-0.15, -0.1) is 11.3 Å². The van der Waals surface area contributed by atoms with Crippen molar-refractivity contribution in [2.75, 3.05) is 18.4 Å². The molecule has 0 saturated heterocycles. The molecule has 1 aromatic carbocycles. The van der Waals surface area contributed by atoms with Gasteiger partial charge in [0.1, 0.15) is 6.54 Å². The third-order valence-corrected chi connectivity index (χ3v) is 6.28. The zero-order valence-electron chi connectivity index (χ0n) is 19.3. The summed E-state index contributed by atoms with van der Waals surface area (Å²) in [4.78, 5) is 47.7. The number of thiazole rings is 1. The highest BCUT2D eigenvalue weighted by Crippen LogP contribution is 2.23. The number of nitrogens with zero attached hydrogens (tertiary/aromatic N) is 3. The van der Waals surface area contributed by atoms with Crippen molar-refractivity contribution in [1.29, 1.82) is 0 Å². The maximum atomic E-state index is 13.0. The van der Waals surface area contributed by atoms with E-state index in [0.717, 1.165) is 5.69 Å². The molecule has 184 valence electrons. The molecule has 3 rings (SSSR count). The molecule has 2 aromatic heterocycles. The molecule has 2 N–H and O–H groups in total. The molecule has 3 amide bonds. The second kappa shape index (κ2) is 12.6. The van der Waals surface area contributed by atoms with E-state index in [1.54, 1.807) is 17.6 Å². The van der Waals surface area contributed by atoms with Crippen LogP contribution < -0.4 is 10.6 Å². The summed E-state index contributed by atoms with van der Waals surface area (Å²) in [5.74, 6) is -0.947. The zero-order chi connectivity index (χ0) is 25.4. The molecule has 35 heavy (non-hydrogen) atoms. The van der Waals surface area contributed by atoms with E-state index in [0.29, 0.717) is 28.8 Å². The third kappa shape index (κ3) is 8.02. The summed E-state index contributed by atoms with van der Waals surface area (Å²) in [6.45, 7) is 3.91. The number of pyridine rings is 1. The summed E-state index contributed by atoms with van der Waals surface area (Å²) >= 11 is 13.3. The lowest BCUT2D eigenvalue weighted by molar-refractivity contribution is -0.120. The Labute approximate surface area is 217 Å². The van der Waals surface area contributed by atoms with E-state index in [1.165, 1.54) is 28.4 Å². The van der Waals surface area contributed by atoms with Crippen LogP contribution in [-0.2, 0) is 22.4 Å². The topological polar surface area (TPSA) is 104 Å². The normalized spacial score (nSPS) is 10.8. The molecule has 0 spiro atoms. The van der Waals surface area contributed by atoms with Crippen LogP contribution >= 0.6 is 34.5 Å². The minimum Gasteiger partial charge on any atom is -0.355 e. The highest BCUT2D eigenvalue weighted by Gasteiger charge is 2.24. The second-order valence-electron chi connectivity index (χ2n) is 7.94. The van der Waals surface area contributed by atoms with Crippen LogP contribution in [-0.4, -0.2) is 51.7 Å². The second-order valence-corrected chi connectivity index (χ2v) is 9.64. The summed E-state index contributed by atoms with van der Waals surface area (Å²) in [5, 5.41) is 8.24. The molecule has 0 bridgehead atoms. The lowest BCUT2D eigenvalue weighted by Gasteiger charge is -2.26. The molecule has 0 atom stereocenters. The minimum atomic E-state index is -0.405. The largest absolute Gasteiger partial charge is 0.355 e. The number of hydrogen-bond acceptors (Lipinski definition) is 6. The van der Waals surface area contributed by atoms with Crippen LogP contribution in [0.1, 0.15) is 35.6 Å².